The normalized spacial score (nSPS) is 14.0. The van der Waals surface area contributed by atoms with Crippen LogP contribution < -0.4 is 15.8 Å². The number of amides is 1. The van der Waals surface area contributed by atoms with Gasteiger partial charge in [0, 0.05) is 19.1 Å². The minimum absolute atomic E-state index is 0.000213. The van der Waals surface area contributed by atoms with E-state index < -0.39 is 33.8 Å². The van der Waals surface area contributed by atoms with Gasteiger partial charge in [-0.1, -0.05) is 44.2 Å². The van der Waals surface area contributed by atoms with Crippen LogP contribution >= 0.6 is 0 Å². The van der Waals surface area contributed by atoms with E-state index in [9.17, 15) is 13.2 Å². The first kappa shape index (κ1) is 28.6. The molecule has 0 aromatic heterocycles. The maximum Gasteiger partial charge on any atom is 0.407 e. The van der Waals surface area contributed by atoms with Gasteiger partial charge in [0.15, 0.2) is 0 Å². The summed E-state index contributed by atoms with van der Waals surface area (Å²) in [5.74, 6) is 0.615. The molecule has 0 spiro atoms. The van der Waals surface area contributed by atoms with Crippen LogP contribution in [0.5, 0.6) is 5.75 Å². The molecule has 2 rings (SSSR count). The molecule has 0 radical (unpaired) electrons. The van der Waals surface area contributed by atoms with Crippen molar-refractivity contribution in [1.29, 1.82) is 0 Å². The fraction of sp³-hybridized carbons (Fsp3) is 0.500. The van der Waals surface area contributed by atoms with Crippen LogP contribution in [-0.4, -0.2) is 56.7 Å². The van der Waals surface area contributed by atoms with Crippen LogP contribution in [0, 0.1) is 5.92 Å². The number of nitrogens with one attached hydrogen (secondary N) is 1. The molecule has 0 saturated carbocycles. The number of hydrogen-bond donors (Lipinski definition) is 2. The highest BCUT2D eigenvalue weighted by molar-refractivity contribution is 7.89. The van der Waals surface area contributed by atoms with Crippen molar-refractivity contribution in [1.82, 2.24) is 9.62 Å². The number of sulfonamides is 1. The molecular formula is C26H39N3O5S. The van der Waals surface area contributed by atoms with Gasteiger partial charge in [-0.15, -0.1) is 0 Å². The number of ether oxygens (including phenoxy) is 2. The molecule has 0 aliphatic rings. The Kier molecular flexibility index (Phi) is 10.1. The highest BCUT2D eigenvalue weighted by Crippen LogP contribution is 2.21. The van der Waals surface area contributed by atoms with Gasteiger partial charge in [0.2, 0.25) is 10.0 Å². The van der Waals surface area contributed by atoms with Crippen molar-refractivity contribution in [3.8, 4) is 5.75 Å². The third-order valence-corrected chi connectivity index (χ3v) is 7.05. The molecule has 0 unspecified atom stereocenters. The summed E-state index contributed by atoms with van der Waals surface area (Å²) in [5.41, 5.74) is 6.84. The lowest BCUT2D eigenvalue weighted by molar-refractivity contribution is 0.0489. The first-order valence-corrected chi connectivity index (χ1v) is 13.2. The van der Waals surface area contributed by atoms with Crippen molar-refractivity contribution < 1.29 is 22.7 Å². The van der Waals surface area contributed by atoms with Crippen molar-refractivity contribution in [3.05, 3.63) is 60.2 Å². The van der Waals surface area contributed by atoms with E-state index in [1.807, 2.05) is 44.2 Å². The topological polar surface area (TPSA) is 111 Å². The summed E-state index contributed by atoms with van der Waals surface area (Å²) in [4.78, 5) is 12.8. The second-order valence-corrected chi connectivity index (χ2v) is 11.9. The molecule has 8 nitrogen and oxygen atoms in total. The summed E-state index contributed by atoms with van der Waals surface area (Å²) in [5, 5.41) is 2.83. The fourth-order valence-electron chi connectivity index (χ4n) is 3.57. The maximum atomic E-state index is 13.6. The minimum atomic E-state index is -3.86. The molecule has 3 N–H and O–H groups in total. The van der Waals surface area contributed by atoms with Gasteiger partial charge in [-0.05, 0) is 62.9 Å². The Morgan fingerprint density at radius 1 is 1.03 bits per heavy atom. The van der Waals surface area contributed by atoms with Crippen LogP contribution in [0.2, 0.25) is 0 Å². The van der Waals surface area contributed by atoms with E-state index in [0.29, 0.717) is 12.2 Å². The highest BCUT2D eigenvalue weighted by atomic mass is 32.2. The van der Waals surface area contributed by atoms with E-state index >= 15 is 0 Å². The Morgan fingerprint density at radius 2 is 1.63 bits per heavy atom. The Morgan fingerprint density at radius 3 is 2.14 bits per heavy atom. The lowest BCUT2D eigenvalue weighted by Crippen LogP contribution is -2.56. The quantitative estimate of drug-likeness (QED) is 0.481. The smallest absolute Gasteiger partial charge is 0.407 e. The van der Waals surface area contributed by atoms with Gasteiger partial charge in [-0.3, -0.25) is 0 Å². The zero-order valence-electron chi connectivity index (χ0n) is 21.5. The second kappa shape index (κ2) is 12.4. The Hall–Kier alpha value is -2.62. The van der Waals surface area contributed by atoms with Gasteiger partial charge in [-0.2, -0.15) is 4.31 Å². The summed E-state index contributed by atoms with van der Waals surface area (Å²) in [6.07, 6.45) is -0.184. The van der Waals surface area contributed by atoms with Crippen LogP contribution in [0.15, 0.2) is 59.5 Å². The van der Waals surface area contributed by atoms with E-state index in [4.69, 9.17) is 15.2 Å². The zero-order chi connectivity index (χ0) is 26.2. The van der Waals surface area contributed by atoms with Gasteiger partial charge in [0.05, 0.1) is 18.0 Å². The minimum Gasteiger partial charge on any atom is -0.497 e. The fourth-order valence-corrected chi connectivity index (χ4v) is 5.20. The van der Waals surface area contributed by atoms with Crippen LogP contribution in [0.25, 0.3) is 0 Å². The number of methoxy groups -OCH3 is 1. The largest absolute Gasteiger partial charge is 0.497 e. The monoisotopic (exact) mass is 505 g/mol. The van der Waals surface area contributed by atoms with Crippen molar-refractivity contribution >= 4 is 16.1 Å². The Balaban J connectivity index is 2.36. The molecule has 0 saturated heterocycles. The predicted molar refractivity (Wildman–Crippen MR) is 138 cm³/mol. The van der Waals surface area contributed by atoms with Gasteiger partial charge in [-0.25, -0.2) is 13.2 Å². The molecule has 194 valence electrons. The number of nitrogens with zero attached hydrogens (tertiary/aromatic N) is 1. The lowest BCUT2D eigenvalue weighted by atomic mass is 10.00. The molecule has 0 bridgehead atoms. The summed E-state index contributed by atoms with van der Waals surface area (Å²) < 4.78 is 39.2. The SMILES string of the molecule is COc1ccc(S(=O)(=O)N(CC(C)C)C[C@@H](NC(=O)OC(C)(C)C)[C@@H](N)Cc2ccccc2)cc1. The van der Waals surface area contributed by atoms with Crippen molar-refractivity contribution in [2.24, 2.45) is 11.7 Å². The number of benzene rings is 2. The molecule has 35 heavy (non-hydrogen) atoms. The van der Waals surface area contributed by atoms with Gasteiger partial charge < -0.3 is 20.5 Å². The van der Waals surface area contributed by atoms with Crippen molar-refractivity contribution in [2.75, 3.05) is 20.2 Å². The number of alkyl carbamates (subject to hydrolysis) is 1. The average molecular weight is 506 g/mol. The number of carbonyl (C=O) groups is 1. The van der Waals surface area contributed by atoms with Gasteiger partial charge in [0.1, 0.15) is 11.4 Å². The third-order valence-electron chi connectivity index (χ3n) is 5.20. The first-order chi connectivity index (χ1) is 16.3. The van der Waals surface area contributed by atoms with Crippen LogP contribution in [0.1, 0.15) is 40.2 Å². The highest BCUT2D eigenvalue weighted by Gasteiger charge is 2.32. The number of hydrogen-bond acceptors (Lipinski definition) is 6. The maximum absolute atomic E-state index is 13.6. The third kappa shape index (κ3) is 9.16. The molecule has 0 heterocycles. The summed E-state index contributed by atoms with van der Waals surface area (Å²) in [6, 6.07) is 14.7. The van der Waals surface area contributed by atoms with E-state index in [1.165, 1.54) is 23.5 Å². The average Bonchev–Trinajstić information content (AvgIpc) is 2.77. The zero-order valence-corrected chi connectivity index (χ0v) is 22.3. The summed E-state index contributed by atoms with van der Waals surface area (Å²) >= 11 is 0. The molecule has 2 aromatic carbocycles. The molecule has 0 aliphatic heterocycles. The number of carbonyl (C=O) groups excluding carboxylic acids is 1. The molecule has 9 heteroatoms. The van der Waals surface area contributed by atoms with Gasteiger partial charge in [0.25, 0.3) is 0 Å². The molecule has 1 amide bonds. The standard InChI is InChI=1S/C26H39N3O5S/c1-19(2)17-29(35(31,32)22-14-12-21(33-6)13-15-22)18-24(28-25(30)34-26(3,4)5)23(27)16-20-10-8-7-9-11-20/h7-15,19,23-24H,16-18,27H2,1-6H3,(H,28,30)/t23-,24+/m0/s1. The lowest BCUT2D eigenvalue weighted by Gasteiger charge is -2.32. The van der Waals surface area contributed by atoms with Crippen LogP contribution in [-0.2, 0) is 21.2 Å². The van der Waals surface area contributed by atoms with Crippen LogP contribution in [0.3, 0.4) is 0 Å². The van der Waals surface area contributed by atoms with E-state index in [2.05, 4.69) is 5.32 Å². The van der Waals surface area contributed by atoms with Crippen molar-refractivity contribution in [3.63, 3.8) is 0 Å². The predicted octanol–water partition coefficient (Wildman–Crippen LogP) is 3.81. The van der Waals surface area contributed by atoms with E-state index in [1.54, 1.807) is 32.9 Å². The number of nitrogens with two attached hydrogens (primary N) is 1. The second-order valence-electron chi connectivity index (χ2n) is 10.00. The molecular weight excluding hydrogens is 466 g/mol. The number of rotatable bonds is 11. The Labute approximate surface area is 209 Å². The molecule has 2 atom stereocenters. The Bertz CT molecular complexity index is 1030. The van der Waals surface area contributed by atoms with E-state index in [0.717, 1.165) is 5.56 Å². The summed E-state index contributed by atoms with van der Waals surface area (Å²) in [6.45, 7) is 9.45. The molecule has 0 fully saturated rings. The van der Waals surface area contributed by atoms with Crippen molar-refractivity contribution in [2.45, 2.75) is 63.6 Å². The molecule has 2 aromatic rings. The van der Waals surface area contributed by atoms with Gasteiger partial charge >= 0.3 is 6.09 Å². The summed E-state index contributed by atoms with van der Waals surface area (Å²) in [7, 11) is -2.34. The molecule has 0 aliphatic carbocycles. The van der Waals surface area contributed by atoms with Crippen LogP contribution in [0.4, 0.5) is 4.79 Å². The van der Waals surface area contributed by atoms with E-state index in [-0.39, 0.29) is 23.9 Å². The first-order valence-electron chi connectivity index (χ1n) is 11.7.